The molecule has 3 aromatic carbocycles. The lowest BCUT2D eigenvalue weighted by molar-refractivity contribution is 0.306. The molecule has 2 nitrogen and oxygen atoms in total. The Bertz CT molecular complexity index is 1240. The first-order valence-corrected chi connectivity index (χ1v) is 21.5. The molecule has 0 bridgehead atoms. The fraction of sp³-hybridized carbons (Fsp3) is 0.696. The average Bonchev–Trinajstić information content (AvgIpc) is 3.12. The molecular weight excluding hydrogens is 620 g/mol. The molecule has 0 aliphatic heterocycles. The molecule has 0 saturated heterocycles. The third-order valence-electron chi connectivity index (χ3n) is 10.4. The minimum absolute atomic E-state index is 0.724. The Morgan fingerprint density at radius 2 is 0.694 bits per heavy atom. The summed E-state index contributed by atoms with van der Waals surface area (Å²) in [5.41, 5.74) is 0. The van der Waals surface area contributed by atoms with Gasteiger partial charge < -0.3 is 9.47 Å². The van der Waals surface area contributed by atoms with E-state index in [0.29, 0.717) is 0 Å². The molecule has 3 aromatic rings. The molecule has 49 heavy (non-hydrogen) atoms. The van der Waals surface area contributed by atoms with Crippen LogP contribution in [0.3, 0.4) is 0 Å². The van der Waals surface area contributed by atoms with Crippen LogP contribution in [0.4, 0.5) is 0 Å². The highest BCUT2D eigenvalue weighted by Gasteiger charge is 2.18. The monoisotopic (exact) mass is 693 g/mol. The van der Waals surface area contributed by atoms with Crippen molar-refractivity contribution in [1.29, 1.82) is 0 Å². The normalized spacial score (nSPS) is 11.6. The predicted octanol–water partition coefficient (Wildman–Crippen LogP) is 16.4. The lowest BCUT2D eigenvalue weighted by atomic mass is 10.0. The van der Waals surface area contributed by atoms with E-state index >= 15 is 0 Å². The number of hydrogen-bond donors (Lipinski definition) is 0. The van der Waals surface area contributed by atoms with Gasteiger partial charge in [0, 0.05) is 21.5 Å². The largest absolute Gasteiger partial charge is 0.492 e. The maximum absolute atomic E-state index is 6.87. The first kappa shape index (κ1) is 41.5. The Morgan fingerprint density at radius 1 is 0.367 bits per heavy atom. The summed E-state index contributed by atoms with van der Waals surface area (Å²) in [6.45, 7) is 6.05. The van der Waals surface area contributed by atoms with E-state index in [9.17, 15) is 0 Å². The first-order valence-electron chi connectivity index (χ1n) is 21.2. The van der Waals surface area contributed by atoms with Crippen molar-refractivity contribution in [2.75, 3.05) is 13.2 Å². The van der Waals surface area contributed by atoms with Gasteiger partial charge in [-0.2, -0.15) is 0 Å². The first-order chi connectivity index (χ1) is 24.3. The second-order valence-electron chi connectivity index (χ2n) is 14.8. The van der Waals surface area contributed by atoms with Crippen LogP contribution in [0.2, 0.25) is 5.02 Å². The van der Waals surface area contributed by atoms with Crippen LogP contribution in [0.1, 0.15) is 194 Å². The maximum Gasteiger partial charge on any atom is 0.136 e. The average molecular weight is 694 g/mol. The van der Waals surface area contributed by atoms with Crippen molar-refractivity contribution < 1.29 is 9.47 Å². The van der Waals surface area contributed by atoms with Gasteiger partial charge in [-0.05, 0) is 18.9 Å². The number of rotatable bonds is 32. The minimum atomic E-state index is 0.724. The third-order valence-corrected chi connectivity index (χ3v) is 10.7. The number of hydrogen-bond acceptors (Lipinski definition) is 2. The topological polar surface area (TPSA) is 18.5 Å². The second kappa shape index (κ2) is 27.8. The van der Waals surface area contributed by atoms with Crippen molar-refractivity contribution in [2.45, 2.75) is 194 Å². The number of benzene rings is 3. The van der Waals surface area contributed by atoms with Gasteiger partial charge in [-0.25, -0.2) is 0 Å². The zero-order valence-corrected chi connectivity index (χ0v) is 32.7. The molecule has 0 aliphatic rings. The standard InChI is InChI=1S/C46H73ClO2/c1-3-5-7-9-11-13-15-17-19-21-23-25-27-31-38-48-45-40-34-29-30-35-41(40)46(44-42(45)36-33-37-43(44)47)49-39-32-28-26-24-22-20-18-16-14-12-10-8-6-4-2/h29-30,33-37H,3-28,31-32,38-39H2,1-2H3. The molecule has 0 radical (unpaired) electrons. The van der Waals surface area contributed by atoms with Crippen LogP contribution in [-0.4, -0.2) is 13.2 Å². The Hall–Kier alpha value is -1.93. The molecule has 0 N–H and O–H groups in total. The van der Waals surface area contributed by atoms with Gasteiger partial charge in [0.15, 0.2) is 0 Å². The van der Waals surface area contributed by atoms with Gasteiger partial charge in [-0.3, -0.25) is 0 Å². The molecule has 0 unspecified atom stereocenters. The molecule has 0 aromatic heterocycles. The van der Waals surface area contributed by atoms with Gasteiger partial charge in [0.25, 0.3) is 0 Å². The maximum atomic E-state index is 6.87. The lowest BCUT2D eigenvalue weighted by Crippen LogP contribution is -2.02. The molecule has 0 heterocycles. The Morgan fingerprint density at radius 3 is 1.10 bits per heavy atom. The molecule has 0 saturated carbocycles. The van der Waals surface area contributed by atoms with Crippen LogP contribution in [-0.2, 0) is 0 Å². The summed E-state index contributed by atoms with van der Waals surface area (Å²) >= 11 is 6.87. The molecular formula is C46H73ClO2. The summed E-state index contributed by atoms with van der Waals surface area (Å²) < 4.78 is 13.1. The number of halogens is 1. The lowest BCUT2D eigenvalue weighted by Gasteiger charge is -2.18. The van der Waals surface area contributed by atoms with Crippen LogP contribution in [0.15, 0.2) is 42.5 Å². The van der Waals surface area contributed by atoms with E-state index in [0.717, 1.165) is 64.1 Å². The van der Waals surface area contributed by atoms with E-state index in [1.54, 1.807) is 0 Å². The summed E-state index contributed by atoms with van der Waals surface area (Å²) in [4.78, 5) is 0. The van der Waals surface area contributed by atoms with Crippen LogP contribution < -0.4 is 9.47 Å². The van der Waals surface area contributed by atoms with Crippen molar-refractivity contribution in [1.82, 2.24) is 0 Å². The van der Waals surface area contributed by atoms with Crippen molar-refractivity contribution >= 4 is 33.1 Å². The quantitative estimate of drug-likeness (QED) is 0.0479. The second-order valence-corrected chi connectivity index (χ2v) is 15.2. The number of unbranched alkanes of at least 4 members (excludes halogenated alkanes) is 26. The van der Waals surface area contributed by atoms with E-state index < -0.39 is 0 Å². The number of fused-ring (bicyclic) bond motifs is 2. The zero-order chi connectivity index (χ0) is 34.6. The summed E-state index contributed by atoms with van der Waals surface area (Å²) in [5, 5.41) is 5.01. The molecule has 0 fully saturated rings. The molecule has 0 aliphatic carbocycles. The summed E-state index contributed by atoms with van der Waals surface area (Å²) in [6, 6.07) is 14.7. The van der Waals surface area contributed by atoms with E-state index in [-0.39, 0.29) is 0 Å². The molecule has 0 spiro atoms. The van der Waals surface area contributed by atoms with Gasteiger partial charge in [-0.1, -0.05) is 229 Å². The molecule has 3 rings (SSSR count). The summed E-state index contributed by atoms with van der Waals surface area (Å²) in [5.74, 6) is 1.86. The fourth-order valence-corrected chi connectivity index (χ4v) is 7.61. The van der Waals surface area contributed by atoms with Crippen molar-refractivity contribution in [3.63, 3.8) is 0 Å². The highest BCUT2D eigenvalue weighted by atomic mass is 35.5. The van der Waals surface area contributed by atoms with Gasteiger partial charge in [0.1, 0.15) is 11.5 Å². The van der Waals surface area contributed by atoms with Crippen molar-refractivity contribution in [3.05, 3.63) is 47.5 Å². The van der Waals surface area contributed by atoms with Gasteiger partial charge in [-0.15, -0.1) is 0 Å². The summed E-state index contributed by atoms with van der Waals surface area (Å²) in [7, 11) is 0. The van der Waals surface area contributed by atoms with Crippen molar-refractivity contribution in [2.24, 2.45) is 0 Å². The zero-order valence-electron chi connectivity index (χ0n) is 31.9. The molecule has 0 atom stereocenters. The highest BCUT2D eigenvalue weighted by Crippen LogP contribution is 2.45. The number of ether oxygens (including phenoxy) is 2. The van der Waals surface area contributed by atoms with Crippen LogP contribution in [0, 0.1) is 0 Å². The van der Waals surface area contributed by atoms with Crippen molar-refractivity contribution in [3.8, 4) is 11.5 Å². The van der Waals surface area contributed by atoms with Crippen LogP contribution in [0.5, 0.6) is 11.5 Å². The van der Waals surface area contributed by atoms with E-state index in [4.69, 9.17) is 21.1 Å². The molecule has 0 amide bonds. The minimum Gasteiger partial charge on any atom is -0.492 e. The van der Waals surface area contributed by atoms with Gasteiger partial charge >= 0.3 is 0 Å². The SMILES string of the molecule is CCCCCCCCCCCCCCCCOc1c2ccccc2c(OCCCCCCCCCCCCCCCC)c2c(Cl)cccc12. The van der Waals surface area contributed by atoms with E-state index in [2.05, 4.69) is 44.2 Å². The fourth-order valence-electron chi connectivity index (χ4n) is 7.35. The van der Waals surface area contributed by atoms with Gasteiger partial charge in [0.05, 0.1) is 18.2 Å². The third kappa shape index (κ3) is 16.8. The van der Waals surface area contributed by atoms with E-state index in [1.165, 1.54) is 167 Å². The molecule has 276 valence electrons. The predicted molar refractivity (Wildman–Crippen MR) is 218 cm³/mol. The van der Waals surface area contributed by atoms with Crippen LogP contribution >= 0.6 is 11.6 Å². The Balaban J connectivity index is 1.36. The Labute approximate surface area is 307 Å². The van der Waals surface area contributed by atoms with Gasteiger partial charge in [0.2, 0.25) is 0 Å². The molecule has 3 heteroatoms. The van der Waals surface area contributed by atoms with E-state index in [1.807, 2.05) is 12.1 Å². The smallest absolute Gasteiger partial charge is 0.136 e. The summed E-state index contributed by atoms with van der Waals surface area (Å²) in [6.07, 6.45) is 38.1. The highest BCUT2D eigenvalue weighted by molar-refractivity contribution is 6.37. The van der Waals surface area contributed by atoms with Crippen LogP contribution in [0.25, 0.3) is 21.5 Å². The Kier molecular flexibility index (Phi) is 23.5.